The predicted octanol–water partition coefficient (Wildman–Crippen LogP) is 2.55. The topological polar surface area (TPSA) is 64.6 Å². The van der Waals surface area contributed by atoms with Gasteiger partial charge in [-0.05, 0) is 41.6 Å². The molecular weight excluding hydrogens is 310 g/mol. The largest absolute Gasteiger partial charge is 0.493 e. The van der Waals surface area contributed by atoms with Gasteiger partial charge in [0.05, 0.1) is 14.2 Å². The zero-order chi connectivity index (χ0) is 15.5. The quantitative estimate of drug-likeness (QED) is 0.885. The van der Waals surface area contributed by atoms with Crippen LogP contribution in [0.5, 0.6) is 11.5 Å². The van der Waals surface area contributed by atoms with Crippen LogP contribution in [0, 0.1) is 6.92 Å². The van der Waals surface area contributed by atoms with Gasteiger partial charge in [-0.25, -0.2) is 13.1 Å². The fourth-order valence-electron chi connectivity index (χ4n) is 1.87. The predicted molar refractivity (Wildman–Crippen MR) is 82.6 cm³/mol. The number of aryl methyl sites for hydroxylation is 1. The molecule has 21 heavy (non-hydrogen) atoms. The lowest BCUT2D eigenvalue weighted by Crippen LogP contribution is -2.22. The lowest BCUT2D eigenvalue weighted by molar-refractivity contribution is 0.354. The number of nitrogens with one attached hydrogen (secondary N) is 1. The zero-order valence-electron chi connectivity index (χ0n) is 12.0. The normalized spacial score (nSPS) is 11.4. The van der Waals surface area contributed by atoms with Crippen molar-refractivity contribution < 1.29 is 17.9 Å². The Morgan fingerprint density at radius 2 is 1.86 bits per heavy atom. The maximum absolute atomic E-state index is 12.1. The van der Waals surface area contributed by atoms with E-state index in [-0.39, 0.29) is 6.54 Å². The zero-order valence-corrected chi connectivity index (χ0v) is 13.7. The molecule has 0 bridgehead atoms. The first-order chi connectivity index (χ1) is 9.97. The maximum atomic E-state index is 12.1. The van der Waals surface area contributed by atoms with E-state index < -0.39 is 10.0 Å². The summed E-state index contributed by atoms with van der Waals surface area (Å²) in [6, 6.07) is 6.90. The molecule has 0 amide bonds. The Balaban J connectivity index is 2.21. The van der Waals surface area contributed by atoms with Crippen molar-refractivity contribution in [1.82, 2.24) is 4.72 Å². The van der Waals surface area contributed by atoms with E-state index in [4.69, 9.17) is 9.47 Å². The highest BCUT2D eigenvalue weighted by Crippen LogP contribution is 2.30. The summed E-state index contributed by atoms with van der Waals surface area (Å²) in [6.45, 7) is 2.10. The van der Waals surface area contributed by atoms with Crippen molar-refractivity contribution in [1.29, 1.82) is 0 Å². The molecule has 0 atom stereocenters. The van der Waals surface area contributed by atoms with Crippen molar-refractivity contribution in [2.75, 3.05) is 14.2 Å². The van der Waals surface area contributed by atoms with E-state index in [0.717, 1.165) is 11.1 Å². The Morgan fingerprint density at radius 1 is 1.19 bits per heavy atom. The van der Waals surface area contributed by atoms with Crippen LogP contribution in [0.3, 0.4) is 0 Å². The van der Waals surface area contributed by atoms with Crippen LogP contribution < -0.4 is 14.2 Å². The molecule has 7 heteroatoms. The summed E-state index contributed by atoms with van der Waals surface area (Å²) < 4.78 is 37.5. The van der Waals surface area contributed by atoms with Gasteiger partial charge in [0.1, 0.15) is 4.21 Å². The summed E-state index contributed by atoms with van der Waals surface area (Å²) in [4.78, 5) is 0. The number of rotatable bonds is 6. The molecule has 5 nitrogen and oxygen atoms in total. The molecule has 0 aliphatic heterocycles. The molecule has 0 radical (unpaired) electrons. The van der Waals surface area contributed by atoms with Crippen molar-refractivity contribution in [3.63, 3.8) is 0 Å². The van der Waals surface area contributed by atoms with Gasteiger partial charge in [-0.15, -0.1) is 11.3 Å². The average Bonchev–Trinajstić information content (AvgIpc) is 3.00. The van der Waals surface area contributed by atoms with Crippen molar-refractivity contribution in [3.8, 4) is 11.5 Å². The molecule has 0 spiro atoms. The molecular formula is C14H17NO4S2. The first-order valence-corrected chi connectivity index (χ1v) is 8.59. The standard InChI is InChI=1S/C14H17NO4S2/c1-10-7-12(18-2)13(19-3)8-11(10)9-15-21(16,17)14-5-4-6-20-14/h4-8,15H,9H2,1-3H3. The Hall–Kier alpha value is -1.57. The lowest BCUT2D eigenvalue weighted by Gasteiger charge is -2.13. The van der Waals surface area contributed by atoms with Gasteiger partial charge in [0.15, 0.2) is 11.5 Å². The molecule has 0 saturated carbocycles. The molecule has 0 saturated heterocycles. The molecule has 0 aliphatic rings. The summed E-state index contributed by atoms with van der Waals surface area (Å²) in [5, 5.41) is 1.73. The Morgan fingerprint density at radius 3 is 2.43 bits per heavy atom. The summed E-state index contributed by atoms with van der Waals surface area (Å²) in [5.41, 5.74) is 1.77. The Kier molecular flexibility index (Phi) is 4.87. The van der Waals surface area contributed by atoms with Gasteiger partial charge in [-0.1, -0.05) is 6.07 Å². The highest BCUT2D eigenvalue weighted by atomic mass is 32.2. The van der Waals surface area contributed by atoms with E-state index in [9.17, 15) is 8.42 Å². The second-order valence-corrected chi connectivity index (χ2v) is 7.33. The van der Waals surface area contributed by atoms with Crippen molar-refractivity contribution in [3.05, 3.63) is 40.8 Å². The van der Waals surface area contributed by atoms with Crippen LogP contribution in [-0.2, 0) is 16.6 Å². The van der Waals surface area contributed by atoms with Crippen molar-refractivity contribution in [2.24, 2.45) is 0 Å². The molecule has 1 heterocycles. The van der Waals surface area contributed by atoms with Crippen LogP contribution in [-0.4, -0.2) is 22.6 Å². The van der Waals surface area contributed by atoms with Crippen LogP contribution in [0.4, 0.5) is 0 Å². The molecule has 2 aromatic rings. The van der Waals surface area contributed by atoms with Crippen LogP contribution >= 0.6 is 11.3 Å². The molecule has 2 rings (SSSR count). The van der Waals surface area contributed by atoms with E-state index in [1.165, 1.54) is 11.3 Å². The maximum Gasteiger partial charge on any atom is 0.250 e. The SMILES string of the molecule is COc1cc(C)c(CNS(=O)(=O)c2cccs2)cc1OC. The number of ether oxygens (including phenoxy) is 2. The number of hydrogen-bond donors (Lipinski definition) is 1. The second-order valence-electron chi connectivity index (χ2n) is 4.39. The minimum atomic E-state index is -3.47. The van der Waals surface area contributed by atoms with Gasteiger partial charge < -0.3 is 9.47 Å². The second kappa shape index (κ2) is 6.46. The van der Waals surface area contributed by atoms with E-state index in [2.05, 4.69) is 4.72 Å². The Labute approximate surface area is 128 Å². The molecule has 0 aliphatic carbocycles. The van der Waals surface area contributed by atoms with Gasteiger partial charge in [0, 0.05) is 6.54 Å². The van der Waals surface area contributed by atoms with Gasteiger partial charge in [0.2, 0.25) is 10.0 Å². The number of hydrogen-bond acceptors (Lipinski definition) is 5. The van der Waals surface area contributed by atoms with Crippen molar-refractivity contribution >= 4 is 21.4 Å². The monoisotopic (exact) mass is 327 g/mol. The van der Waals surface area contributed by atoms with E-state index in [0.29, 0.717) is 15.7 Å². The number of sulfonamides is 1. The van der Waals surface area contributed by atoms with Crippen LogP contribution in [0.1, 0.15) is 11.1 Å². The lowest BCUT2D eigenvalue weighted by atomic mass is 10.1. The fraction of sp³-hybridized carbons (Fsp3) is 0.286. The molecule has 1 N–H and O–H groups in total. The fourth-order valence-corrected chi connectivity index (χ4v) is 3.92. The molecule has 114 valence electrons. The third-order valence-electron chi connectivity index (χ3n) is 3.05. The number of methoxy groups -OCH3 is 2. The first-order valence-electron chi connectivity index (χ1n) is 6.22. The van der Waals surface area contributed by atoms with Crippen molar-refractivity contribution in [2.45, 2.75) is 17.7 Å². The van der Waals surface area contributed by atoms with E-state index in [1.54, 1.807) is 37.8 Å². The Bertz CT molecular complexity index is 709. The van der Waals surface area contributed by atoms with E-state index >= 15 is 0 Å². The van der Waals surface area contributed by atoms with Gasteiger partial charge in [-0.3, -0.25) is 0 Å². The average molecular weight is 327 g/mol. The smallest absolute Gasteiger partial charge is 0.250 e. The minimum Gasteiger partial charge on any atom is -0.493 e. The van der Waals surface area contributed by atoms with Crippen LogP contribution in [0.15, 0.2) is 33.9 Å². The molecule has 0 unspecified atom stereocenters. The van der Waals surface area contributed by atoms with Gasteiger partial charge >= 0.3 is 0 Å². The molecule has 0 fully saturated rings. The van der Waals surface area contributed by atoms with Gasteiger partial charge in [0.25, 0.3) is 0 Å². The first kappa shape index (κ1) is 15.8. The highest BCUT2D eigenvalue weighted by Gasteiger charge is 2.16. The third-order valence-corrected chi connectivity index (χ3v) is 5.85. The highest BCUT2D eigenvalue weighted by molar-refractivity contribution is 7.91. The van der Waals surface area contributed by atoms with Gasteiger partial charge in [-0.2, -0.15) is 0 Å². The van der Waals surface area contributed by atoms with E-state index in [1.807, 2.05) is 13.0 Å². The molecule has 1 aromatic heterocycles. The van der Waals surface area contributed by atoms with Crippen LogP contribution in [0.25, 0.3) is 0 Å². The summed E-state index contributed by atoms with van der Waals surface area (Å²) >= 11 is 1.19. The van der Waals surface area contributed by atoms with Crippen LogP contribution in [0.2, 0.25) is 0 Å². The molecule has 1 aromatic carbocycles. The number of benzene rings is 1. The summed E-state index contributed by atoms with van der Waals surface area (Å²) in [7, 11) is -0.356. The summed E-state index contributed by atoms with van der Waals surface area (Å²) in [5.74, 6) is 1.20. The minimum absolute atomic E-state index is 0.201. The number of thiophene rings is 1. The summed E-state index contributed by atoms with van der Waals surface area (Å²) in [6.07, 6.45) is 0. The third kappa shape index (κ3) is 3.55.